The highest BCUT2D eigenvalue weighted by atomic mass is 35.5. The van der Waals surface area contributed by atoms with Crippen LogP contribution in [0.5, 0.6) is 5.75 Å². The van der Waals surface area contributed by atoms with Crippen molar-refractivity contribution in [1.29, 1.82) is 0 Å². The quantitative estimate of drug-likeness (QED) is 0.463. The smallest absolute Gasteiger partial charge is 0.331 e. The summed E-state index contributed by atoms with van der Waals surface area (Å²) in [6.07, 6.45) is 1.95. The van der Waals surface area contributed by atoms with Gasteiger partial charge in [-0.3, -0.25) is 4.79 Å². The van der Waals surface area contributed by atoms with E-state index >= 15 is 0 Å². The first kappa shape index (κ1) is 17.6. The molecule has 0 unspecified atom stereocenters. The molecule has 2 rings (SSSR count). The van der Waals surface area contributed by atoms with Gasteiger partial charge in [0.2, 0.25) is 5.91 Å². The highest BCUT2D eigenvalue weighted by Crippen LogP contribution is 2.34. The van der Waals surface area contributed by atoms with Crippen molar-refractivity contribution in [2.75, 3.05) is 45.2 Å². The van der Waals surface area contributed by atoms with Gasteiger partial charge in [0.25, 0.3) is 0 Å². The van der Waals surface area contributed by atoms with Crippen LogP contribution in [0.4, 0.5) is 5.69 Å². The SMILES string of the molecule is CN(C)CCCCNC(=O)CN1CC(=O)Oc2ccc(Cl)cc21. The Kier molecular flexibility index (Phi) is 6.24. The van der Waals surface area contributed by atoms with Gasteiger partial charge in [-0.15, -0.1) is 0 Å². The minimum atomic E-state index is -0.376. The number of halogens is 1. The first-order valence-electron chi connectivity index (χ1n) is 7.62. The number of esters is 1. The fourth-order valence-electron chi connectivity index (χ4n) is 2.37. The number of amides is 1. The summed E-state index contributed by atoms with van der Waals surface area (Å²) >= 11 is 5.99. The van der Waals surface area contributed by atoms with Gasteiger partial charge in [0.1, 0.15) is 6.54 Å². The molecule has 7 heteroatoms. The molecule has 0 aromatic heterocycles. The number of anilines is 1. The molecule has 0 atom stereocenters. The summed E-state index contributed by atoms with van der Waals surface area (Å²) in [6, 6.07) is 5.00. The molecule has 1 aliphatic rings. The minimum absolute atomic E-state index is 0.0430. The third-order valence-corrected chi connectivity index (χ3v) is 3.73. The molecule has 1 heterocycles. The second-order valence-electron chi connectivity index (χ2n) is 5.80. The number of carbonyl (C=O) groups is 2. The molecular formula is C16H22ClN3O3. The number of carbonyl (C=O) groups excluding carboxylic acids is 2. The summed E-state index contributed by atoms with van der Waals surface area (Å²) in [7, 11) is 4.05. The maximum Gasteiger partial charge on any atom is 0.331 e. The topological polar surface area (TPSA) is 61.9 Å². The summed E-state index contributed by atoms with van der Waals surface area (Å²) in [4.78, 5) is 27.5. The van der Waals surface area contributed by atoms with E-state index in [9.17, 15) is 9.59 Å². The molecule has 1 amide bonds. The number of nitrogens with zero attached hydrogens (tertiary/aromatic N) is 2. The molecule has 0 radical (unpaired) electrons. The number of hydrogen-bond donors (Lipinski definition) is 1. The van der Waals surface area contributed by atoms with Crippen LogP contribution >= 0.6 is 11.6 Å². The molecule has 0 saturated heterocycles. The third kappa shape index (κ3) is 5.41. The van der Waals surface area contributed by atoms with Gasteiger partial charge >= 0.3 is 5.97 Å². The standard InChI is InChI=1S/C16H22ClN3O3/c1-19(2)8-4-3-7-18-15(21)10-20-11-16(22)23-14-6-5-12(17)9-13(14)20/h5-6,9H,3-4,7-8,10-11H2,1-2H3,(H,18,21). The van der Waals surface area contributed by atoms with E-state index in [2.05, 4.69) is 10.2 Å². The van der Waals surface area contributed by atoms with Gasteiger partial charge in [-0.1, -0.05) is 11.6 Å². The number of unbranched alkanes of at least 4 members (excludes halogenated alkanes) is 1. The van der Waals surface area contributed by atoms with E-state index in [4.69, 9.17) is 16.3 Å². The van der Waals surface area contributed by atoms with Crippen molar-refractivity contribution in [1.82, 2.24) is 10.2 Å². The molecule has 0 fully saturated rings. The fourth-order valence-corrected chi connectivity index (χ4v) is 2.54. The highest BCUT2D eigenvalue weighted by molar-refractivity contribution is 6.31. The van der Waals surface area contributed by atoms with Crippen molar-refractivity contribution in [3.63, 3.8) is 0 Å². The molecule has 1 aromatic carbocycles. The van der Waals surface area contributed by atoms with Crippen LogP contribution in [0, 0.1) is 0 Å². The van der Waals surface area contributed by atoms with E-state index in [0.29, 0.717) is 23.0 Å². The van der Waals surface area contributed by atoms with Gasteiger partial charge in [0.05, 0.1) is 12.2 Å². The lowest BCUT2D eigenvalue weighted by Crippen LogP contribution is -2.43. The summed E-state index contributed by atoms with van der Waals surface area (Å²) in [6.45, 7) is 1.78. The Morgan fingerprint density at radius 2 is 2.17 bits per heavy atom. The molecule has 0 bridgehead atoms. The monoisotopic (exact) mass is 339 g/mol. The van der Waals surface area contributed by atoms with Gasteiger partial charge in [-0.05, 0) is 51.7 Å². The Balaban J connectivity index is 1.86. The van der Waals surface area contributed by atoms with Crippen LogP contribution < -0.4 is 15.0 Å². The number of benzene rings is 1. The lowest BCUT2D eigenvalue weighted by Gasteiger charge is -2.29. The van der Waals surface area contributed by atoms with Crippen LogP contribution in [0.25, 0.3) is 0 Å². The van der Waals surface area contributed by atoms with Crippen molar-refractivity contribution < 1.29 is 14.3 Å². The average Bonchev–Trinajstić information content (AvgIpc) is 2.47. The molecule has 1 aromatic rings. The Bertz CT molecular complexity index is 578. The van der Waals surface area contributed by atoms with Gasteiger partial charge in [-0.2, -0.15) is 0 Å². The molecule has 0 spiro atoms. The Labute approximate surface area is 141 Å². The molecule has 0 saturated carbocycles. The van der Waals surface area contributed by atoms with Crippen molar-refractivity contribution in [2.24, 2.45) is 0 Å². The van der Waals surface area contributed by atoms with E-state index < -0.39 is 0 Å². The highest BCUT2D eigenvalue weighted by Gasteiger charge is 2.25. The summed E-state index contributed by atoms with van der Waals surface area (Å²) in [5.41, 5.74) is 0.667. The lowest BCUT2D eigenvalue weighted by atomic mass is 10.2. The van der Waals surface area contributed by atoms with E-state index in [-0.39, 0.29) is 25.0 Å². The zero-order valence-corrected chi connectivity index (χ0v) is 14.2. The zero-order chi connectivity index (χ0) is 16.8. The van der Waals surface area contributed by atoms with Gasteiger partial charge in [0, 0.05) is 11.6 Å². The lowest BCUT2D eigenvalue weighted by molar-refractivity contribution is -0.133. The van der Waals surface area contributed by atoms with Crippen LogP contribution in [0.2, 0.25) is 5.02 Å². The average molecular weight is 340 g/mol. The third-order valence-electron chi connectivity index (χ3n) is 3.49. The molecule has 0 aliphatic carbocycles. The van der Waals surface area contributed by atoms with Crippen LogP contribution in [0.3, 0.4) is 0 Å². The second-order valence-corrected chi connectivity index (χ2v) is 6.24. The van der Waals surface area contributed by atoms with Crippen molar-refractivity contribution in [2.45, 2.75) is 12.8 Å². The maximum absolute atomic E-state index is 12.1. The molecule has 6 nitrogen and oxygen atoms in total. The molecular weight excluding hydrogens is 318 g/mol. The molecule has 1 N–H and O–H groups in total. The summed E-state index contributed by atoms with van der Waals surface area (Å²) in [5, 5.41) is 3.42. The van der Waals surface area contributed by atoms with Crippen molar-refractivity contribution >= 4 is 29.2 Å². The van der Waals surface area contributed by atoms with E-state index in [1.807, 2.05) is 14.1 Å². The number of nitrogens with one attached hydrogen (secondary N) is 1. The Morgan fingerprint density at radius 1 is 1.39 bits per heavy atom. The minimum Gasteiger partial charge on any atom is -0.423 e. The molecule has 126 valence electrons. The fraction of sp³-hybridized carbons (Fsp3) is 0.500. The van der Waals surface area contributed by atoms with Gasteiger partial charge < -0.3 is 19.9 Å². The summed E-state index contributed by atoms with van der Waals surface area (Å²) < 4.78 is 5.16. The first-order chi connectivity index (χ1) is 11.0. The second kappa shape index (κ2) is 8.17. The largest absolute Gasteiger partial charge is 0.423 e. The predicted molar refractivity (Wildman–Crippen MR) is 90.1 cm³/mol. The number of fused-ring (bicyclic) bond motifs is 1. The Morgan fingerprint density at radius 3 is 2.91 bits per heavy atom. The van der Waals surface area contributed by atoms with Crippen LogP contribution in [0.15, 0.2) is 18.2 Å². The van der Waals surface area contributed by atoms with Gasteiger partial charge in [0.15, 0.2) is 5.75 Å². The van der Waals surface area contributed by atoms with Crippen LogP contribution in [-0.4, -0.2) is 57.1 Å². The number of ether oxygens (including phenoxy) is 1. The Hall–Kier alpha value is -1.79. The van der Waals surface area contributed by atoms with E-state index in [1.165, 1.54) is 0 Å². The van der Waals surface area contributed by atoms with Crippen molar-refractivity contribution in [3.8, 4) is 5.75 Å². The predicted octanol–water partition coefficient (Wildman–Crippen LogP) is 1.52. The number of rotatable bonds is 7. The van der Waals surface area contributed by atoms with Crippen LogP contribution in [-0.2, 0) is 9.59 Å². The summed E-state index contributed by atoms with van der Waals surface area (Å²) in [5.74, 6) is -0.0569. The first-order valence-corrected chi connectivity index (χ1v) is 8.00. The molecule has 23 heavy (non-hydrogen) atoms. The molecule has 1 aliphatic heterocycles. The van der Waals surface area contributed by atoms with Crippen molar-refractivity contribution in [3.05, 3.63) is 23.2 Å². The van der Waals surface area contributed by atoms with E-state index in [0.717, 1.165) is 19.4 Å². The van der Waals surface area contributed by atoms with Gasteiger partial charge in [-0.25, -0.2) is 4.79 Å². The van der Waals surface area contributed by atoms with E-state index in [1.54, 1.807) is 23.1 Å². The normalized spacial score (nSPS) is 13.7. The van der Waals surface area contributed by atoms with Crippen LogP contribution in [0.1, 0.15) is 12.8 Å². The zero-order valence-electron chi connectivity index (χ0n) is 13.5. The maximum atomic E-state index is 12.1. The number of hydrogen-bond acceptors (Lipinski definition) is 5.